The van der Waals surface area contributed by atoms with Crippen LogP contribution >= 0.6 is 68.9 Å². The van der Waals surface area contributed by atoms with E-state index in [9.17, 15) is 9.59 Å². The lowest BCUT2D eigenvalue weighted by molar-refractivity contribution is 1.48. The molecule has 0 N–H and O–H groups in total. The minimum Gasteiger partial charge on any atom is -0.287 e. The summed E-state index contributed by atoms with van der Waals surface area (Å²) in [5.41, 5.74) is 3.32. The average Bonchev–Trinajstić information content (AvgIpc) is 3.07. The highest BCUT2D eigenvalue weighted by Crippen LogP contribution is 2.45. The van der Waals surface area contributed by atoms with E-state index in [2.05, 4.69) is 48.5 Å². The molecule has 0 amide bonds. The van der Waals surface area contributed by atoms with Crippen molar-refractivity contribution in [1.82, 2.24) is 9.97 Å². The Morgan fingerprint density at radius 3 is 1.32 bits per heavy atom. The summed E-state index contributed by atoms with van der Waals surface area (Å²) in [6.45, 7) is 0. The summed E-state index contributed by atoms with van der Waals surface area (Å²) in [7, 11) is 0. The van der Waals surface area contributed by atoms with Gasteiger partial charge in [-0.3, -0.25) is 9.59 Å². The summed E-state index contributed by atoms with van der Waals surface area (Å²) in [5, 5.41) is 4.53. The molecule has 0 aliphatic carbocycles. The van der Waals surface area contributed by atoms with Crippen LogP contribution in [0.4, 0.5) is 0 Å². The minimum absolute atomic E-state index is 0.00853. The molecule has 9 aromatic rings. The van der Waals surface area contributed by atoms with Gasteiger partial charge < -0.3 is 0 Å². The molecular weight excluding hydrogens is 661 g/mol. The first-order valence-corrected chi connectivity index (χ1v) is 19.4. The number of rotatable bonds is 2. The van der Waals surface area contributed by atoms with Gasteiger partial charge in [0.05, 0.1) is 58.4 Å². The van der Waals surface area contributed by atoms with Gasteiger partial charge in [-0.05, 0) is 35.4 Å². The van der Waals surface area contributed by atoms with Gasteiger partial charge in [0.1, 0.15) is 11.0 Å². The Bertz CT molecular complexity index is 2670. The van der Waals surface area contributed by atoms with Crippen molar-refractivity contribution in [2.75, 3.05) is 12.5 Å². The fourth-order valence-corrected chi connectivity index (χ4v) is 12.9. The van der Waals surface area contributed by atoms with E-state index in [-0.39, 0.29) is 10.9 Å². The molecule has 0 bridgehead atoms. The van der Waals surface area contributed by atoms with E-state index in [1.54, 1.807) is 22.7 Å². The lowest BCUT2D eigenvalue weighted by atomic mass is 10.1. The number of hydrogen-bond donors (Lipinski definition) is 0. The average molecular weight is 679 g/mol. The van der Waals surface area contributed by atoms with Gasteiger partial charge in [-0.2, -0.15) is 0 Å². The zero-order valence-electron chi connectivity index (χ0n) is 23.1. The van der Waals surface area contributed by atoms with Crippen molar-refractivity contribution in [1.29, 1.82) is 0 Å². The van der Waals surface area contributed by atoms with Crippen LogP contribution < -0.4 is 10.9 Å². The highest BCUT2D eigenvalue weighted by Gasteiger charge is 2.22. The molecule has 10 heteroatoms. The van der Waals surface area contributed by atoms with Crippen molar-refractivity contribution in [3.8, 4) is 0 Å². The van der Waals surface area contributed by atoms with Gasteiger partial charge in [0.15, 0.2) is 0 Å². The van der Waals surface area contributed by atoms with Crippen molar-refractivity contribution >= 4 is 150 Å². The molecule has 44 heavy (non-hydrogen) atoms. The molecule has 0 unspecified atom stereocenters. The second-order valence-corrected chi connectivity index (χ2v) is 16.0. The van der Waals surface area contributed by atoms with Crippen LogP contribution in [0.1, 0.15) is 0 Å². The number of hydrogen-bond acceptors (Lipinski definition) is 10. The molecule has 0 saturated carbocycles. The molecule has 9 rings (SSSR count). The SMILES string of the molecule is CSc1c(=O)c2sc3c(sc2c2nc4ccc5ccccc5c4sc12)c(=O)c(SC)c1sc2c(ccc4ccccc42)nc13. The Morgan fingerprint density at radius 1 is 0.477 bits per heavy atom. The van der Waals surface area contributed by atoms with Crippen molar-refractivity contribution in [2.24, 2.45) is 0 Å². The number of aromatic nitrogens is 2. The summed E-state index contributed by atoms with van der Waals surface area (Å²) >= 11 is 8.95. The molecule has 3 heterocycles. The molecule has 0 radical (unpaired) electrons. The zero-order valence-corrected chi connectivity index (χ0v) is 28.0. The first-order valence-electron chi connectivity index (χ1n) is 13.6. The lowest BCUT2D eigenvalue weighted by Crippen LogP contribution is -2.07. The first-order chi connectivity index (χ1) is 21.6. The molecule has 0 spiro atoms. The Kier molecular flexibility index (Phi) is 6.17. The van der Waals surface area contributed by atoms with Gasteiger partial charge in [0.25, 0.3) is 0 Å². The molecule has 6 aromatic carbocycles. The summed E-state index contributed by atoms with van der Waals surface area (Å²) in [6, 6.07) is 24.8. The minimum atomic E-state index is -0.00853. The number of benzene rings is 6. The van der Waals surface area contributed by atoms with Crippen LogP contribution in [-0.4, -0.2) is 22.5 Å². The lowest BCUT2D eigenvalue weighted by Gasteiger charge is -2.12. The third-order valence-corrected chi connectivity index (χ3v) is 14.9. The highest BCUT2D eigenvalue weighted by atomic mass is 32.2. The van der Waals surface area contributed by atoms with Gasteiger partial charge in [-0.1, -0.05) is 60.7 Å². The molecular formula is C34H18N2O2S6. The topological polar surface area (TPSA) is 59.9 Å². The maximum atomic E-state index is 14.2. The molecule has 3 aromatic heterocycles. The fourth-order valence-electron chi connectivity index (χ4n) is 5.90. The van der Waals surface area contributed by atoms with E-state index in [4.69, 9.17) is 9.97 Å². The molecule has 4 nitrogen and oxygen atoms in total. The molecule has 0 saturated heterocycles. The molecule has 0 aliphatic heterocycles. The van der Waals surface area contributed by atoms with E-state index < -0.39 is 0 Å². The van der Waals surface area contributed by atoms with Crippen LogP contribution in [-0.2, 0) is 0 Å². The quantitative estimate of drug-likeness (QED) is 0.103. The van der Waals surface area contributed by atoms with Gasteiger partial charge in [0.2, 0.25) is 10.9 Å². The van der Waals surface area contributed by atoms with Crippen LogP contribution in [0.15, 0.2) is 92.2 Å². The predicted octanol–water partition coefficient (Wildman–Crippen LogP) is 10.7. The van der Waals surface area contributed by atoms with Crippen LogP contribution in [0.3, 0.4) is 0 Å². The second kappa shape index (κ2) is 10.1. The third-order valence-electron chi connectivity index (χ3n) is 7.92. The predicted molar refractivity (Wildman–Crippen MR) is 199 cm³/mol. The highest BCUT2D eigenvalue weighted by molar-refractivity contribution is 7.99. The fraction of sp³-hybridized carbons (Fsp3) is 0.0588. The van der Waals surface area contributed by atoms with E-state index in [0.717, 1.165) is 71.8 Å². The van der Waals surface area contributed by atoms with Gasteiger partial charge in [0, 0.05) is 10.8 Å². The van der Waals surface area contributed by atoms with Gasteiger partial charge in [-0.15, -0.1) is 68.9 Å². The molecule has 0 aliphatic rings. The Balaban J connectivity index is 1.46. The van der Waals surface area contributed by atoms with Crippen molar-refractivity contribution < 1.29 is 0 Å². The number of nitrogens with zero attached hydrogens (tertiary/aromatic N) is 2. The Labute approximate surface area is 273 Å². The zero-order chi connectivity index (χ0) is 29.7. The number of fused-ring (bicyclic) bond motifs is 12. The third kappa shape index (κ3) is 3.76. The van der Waals surface area contributed by atoms with Crippen LogP contribution in [0.5, 0.6) is 0 Å². The van der Waals surface area contributed by atoms with Crippen LogP contribution in [0.25, 0.3) is 81.2 Å². The van der Waals surface area contributed by atoms with Crippen molar-refractivity contribution in [3.63, 3.8) is 0 Å². The molecule has 0 fully saturated rings. The standard InChI is InChI=1S/C34H18N2O2S6/c1-39-31-23(37)33-29(21-27(31)41-25-17-9-5-3-7-15(17)11-13-19(25)35-21)44-34-24(38)32(40-2)28-22(30(34)43-33)36-20-14-12-16-8-4-6-10-18(16)26(20)42-28/h3-14H,1-2H3. The van der Waals surface area contributed by atoms with Gasteiger partial charge >= 0.3 is 0 Å². The Hall–Kier alpha value is -3.38. The van der Waals surface area contributed by atoms with Crippen molar-refractivity contribution in [2.45, 2.75) is 9.79 Å². The second-order valence-electron chi connectivity index (χ2n) is 10.3. The van der Waals surface area contributed by atoms with Crippen molar-refractivity contribution in [3.05, 3.63) is 93.2 Å². The maximum Gasteiger partial charge on any atom is 0.212 e. The van der Waals surface area contributed by atoms with E-state index in [0.29, 0.717) is 19.2 Å². The molecule has 0 atom stereocenters. The first kappa shape index (κ1) is 27.0. The summed E-state index contributed by atoms with van der Waals surface area (Å²) in [5.74, 6) is 0. The smallest absolute Gasteiger partial charge is 0.212 e. The van der Waals surface area contributed by atoms with Gasteiger partial charge in [-0.25, -0.2) is 9.97 Å². The number of thioether (sulfide) groups is 2. The van der Waals surface area contributed by atoms with Crippen LogP contribution in [0.2, 0.25) is 0 Å². The monoisotopic (exact) mass is 678 g/mol. The Morgan fingerprint density at radius 2 is 0.886 bits per heavy atom. The van der Waals surface area contributed by atoms with E-state index >= 15 is 0 Å². The normalized spacial score (nSPS) is 12.2. The summed E-state index contributed by atoms with van der Waals surface area (Å²) in [6.07, 6.45) is 3.90. The summed E-state index contributed by atoms with van der Waals surface area (Å²) < 4.78 is 6.66. The molecule has 212 valence electrons. The summed E-state index contributed by atoms with van der Waals surface area (Å²) in [4.78, 5) is 40.1. The van der Waals surface area contributed by atoms with E-state index in [1.165, 1.54) is 46.2 Å². The largest absolute Gasteiger partial charge is 0.287 e. The maximum absolute atomic E-state index is 14.2. The van der Waals surface area contributed by atoms with E-state index in [1.807, 2.05) is 36.8 Å². The van der Waals surface area contributed by atoms with Crippen LogP contribution in [0, 0.1) is 0 Å².